The Bertz CT molecular complexity index is 1130. The molecule has 0 radical (unpaired) electrons. The summed E-state index contributed by atoms with van der Waals surface area (Å²) in [6.07, 6.45) is 0. The van der Waals surface area contributed by atoms with Crippen LogP contribution in [0.5, 0.6) is 0 Å². The molecular formula is C18H16N6OS. The van der Waals surface area contributed by atoms with E-state index in [2.05, 4.69) is 25.5 Å². The third-order valence-corrected chi connectivity index (χ3v) is 4.97. The molecule has 4 aromatic rings. The number of rotatable bonds is 4. The molecule has 0 atom stereocenters. The number of benzene rings is 2. The number of hydrogen-bond donors (Lipinski definition) is 1. The number of nitrogens with zero attached hydrogens (tertiary/aromatic N) is 5. The normalized spacial score (nSPS) is 11.2. The highest BCUT2D eigenvalue weighted by Crippen LogP contribution is 2.22. The lowest BCUT2D eigenvalue weighted by Gasteiger charge is -2.06. The zero-order valence-corrected chi connectivity index (χ0v) is 15.1. The van der Waals surface area contributed by atoms with E-state index in [1.807, 2.05) is 50.2 Å². The van der Waals surface area contributed by atoms with Gasteiger partial charge in [-0.15, -0.1) is 5.10 Å². The van der Waals surface area contributed by atoms with Gasteiger partial charge < -0.3 is 4.98 Å². The van der Waals surface area contributed by atoms with E-state index in [0.717, 1.165) is 16.8 Å². The van der Waals surface area contributed by atoms with E-state index in [-0.39, 0.29) is 5.56 Å². The van der Waals surface area contributed by atoms with Gasteiger partial charge in [0.15, 0.2) is 0 Å². The minimum atomic E-state index is -0.132. The number of H-pyrrole nitrogens is 1. The lowest BCUT2D eigenvalue weighted by molar-refractivity contribution is 0.756. The van der Waals surface area contributed by atoms with E-state index in [9.17, 15) is 4.79 Å². The Hall–Kier alpha value is -3.00. The largest absolute Gasteiger partial charge is 0.309 e. The molecule has 0 aliphatic carbocycles. The number of para-hydroxylation sites is 1. The predicted molar refractivity (Wildman–Crippen MR) is 101 cm³/mol. The van der Waals surface area contributed by atoms with Crippen LogP contribution in [0.3, 0.4) is 0 Å². The van der Waals surface area contributed by atoms with Gasteiger partial charge in [0.05, 0.1) is 22.3 Å². The Morgan fingerprint density at radius 1 is 1.12 bits per heavy atom. The van der Waals surface area contributed by atoms with Crippen molar-refractivity contribution in [3.8, 4) is 5.69 Å². The molecule has 0 aliphatic heterocycles. The highest BCUT2D eigenvalue weighted by atomic mass is 32.2. The van der Waals surface area contributed by atoms with Gasteiger partial charge in [-0.1, -0.05) is 41.6 Å². The number of thioether (sulfide) groups is 1. The van der Waals surface area contributed by atoms with Gasteiger partial charge in [-0.2, -0.15) is 4.68 Å². The molecule has 0 unspecified atom stereocenters. The lowest BCUT2D eigenvalue weighted by Crippen LogP contribution is -2.12. The Morgan fingerprint density at radius 3 is 2.73 bits per heavy atom. The fourth-order valence-corrected chi connectivity index (χ4v) is 3.43. The molecule has 2 heterocycles. The summed E-state index contributed by atoms with van der Waals surface area (Å²) in [6, 6.07) is 13.5. The van der Waals surface area contributed by atoms with Crippen LogP contribution in [0, 0.1) is 13.8 Å². The summed E-state index contributed by atoms with van der Waals surface area (Å²) in [5.41, 5.74) is 3.63. The van der Waals surface area contributed by atoms with Crippen molar-refractivity contribution < 1.29 is 0 Å². The van der Waals surface area contributed by atoms with Crippen LogP contribution in [-0.4, -0.2) is 30.2 Å². The molecule has 130 valence electrons. The van der Waals surface area contributed by atoms with Crippen molar-refractivity contribution in [2.45, 2.75) is 24.8 Å². The highest BCUT2D eigenvalue weighted by Gasteiger charge is 2.11. The first-order chi connectivity index (χ1) is 12.6. The van der Waals surface area contributed by atoms with Gasteiger partial charge in [0.1, 0.15) is 5.82 Å². The van der Waals surface area contributed by atoms with Gasteiger partial charge in [-0.3, -0.25) is 4.79 Å². The van der Waals surface area contributed by atoms with E-state index in [1.54, 1.807) is 10.7 Å². The van der Waals surface area contributed by atoms with Crippen LogP contribution in [0.1, 0.15) is 17.0 Å². The van der Waals surface area contributed by atoms with E-state index in [4.69, 9.17) is 0 Å². The van der Waals surface area contributed by atoms with E-state index in [0.29, 0.717) is 22.1 Å². The second kappa shape index (κ2) is 6.72. The van der Waals surface area contributed by atoms with Crippen molar-refractivity contribution in [3.63, 3.8) is 0 Å². The van der Waals surface area contributed by atoms with Crippen LogP contribution in [0.15, 0.2) is 52.4 Å². The molecule has 2 aromatic carbocycles. The molecule has 0 aliphatic rings. The molecule has 2 aromatic heterocycles. The van der Waals surface area contributed by atoms with Gasteiger partial charge in [-0.25, -0.2) is 4.98 Å². The third kappa shape index (κ3) is 3.11. The van der Waals surface area contributed by atoms with Crippen LogP contribution in [0.4, 0.5) is 0 Å². The maximum Gasteiger partial charge on any atom is 0.258 e. The average Bonchev–Trinajstić information content (AvgIpc) is 3.10. The molecule has 0 fully saturated rings. The van der Waals surface area contributed by atoms with E-state index >= 15 is 0 Å². The van der Waals surface area contributed by atoms with Crippen molar-refractivity contribution in [2.75, 3.05) is 0 Å². The van der Waals surface area contributed by atoms with Crippen molar-refractivity contribution in [1.29, 1.82) is 0 Å². The number of nitrogens with one attached hydrogen (secondary N) is 1. The summed E-state index contributed by atoms with van der Waals surface area (Å²) >= 11 is 1.42. The summed E-state index contributed by atoms with van der Waals surface area (Å²) in [6.45, 7) is 3.98. The number of aromatic amines is 1. The van der Waals surface area contributed by atoms with Crippen LogP contribution in [0.25, 0.3) is 16.6 Å². The lowest BCUT2D eigenvalue weighted by atomic mass is 10.1. The third-order valence-electron chi connectivity index (χ3n) is 4.04. The monoisotopic (exact) mass is 364 g/mol. The second-order valence-corrected chi connectivity index (χ2v) is 6.92. The van der Waals surface area contributed by atoms with Crippen LogP contribution >= 0.6 is 11.8 Å². The van der Waals surface area contributed by atoms with Crippen molar-refractivity contribution in [3.05, 3.63) is 69.8 Å². The number of hydrogen-bond acceptors (Lipinski definition) is 6. The van der Waals surface area contributed by atoms with Gasteiger partial charge in [0.2, 0.25) is 5.16 Å². The Labute approximate surface area is 153 Å². The molecule has 0 spiro atoms. The topological polar surface area (TPSA) is 89.3 Å². The van der Waals surface area contributed by atoms with Crippen molar-refractivity contribution >= 4 is 22.7 Å². The zero-order chi connectivity index (χ0) is 18.1. The van der Waals surface area contributed by atoms with Gasteiger partial charge in [-0.05, 0) is 48.0 Å². The summed E-state index contributed by atoms with van der Waals surface area (Å²) in [4.78, 5) is 19.7. The molecule has 8 heteroatoms. The average molecular weight is 364 g/mol. The fourth-order valence-electron chi connectivity index (χ4n) is 2.67. The number of aryl methyl sites for hydroxylation is 2. The number of fused-ring (bicyclic) bond motifs is 1. The molecule has 0 saturated carbocycles. The predicted octanol–water partition coefficient (Wildman–Crippen LogP) is 2.81. The summed E-state index contributed by atoms with van der Waals surface area (Å²) in [5, 5.41) is 13.1. The highest BCUT2D eigenvalue weighted by molar-refractivity contribution is 7.98. The maximum absolute atomic E-state index is 12.3. The zero-order valence-electron chi connectivity index (χ0n) is 14.3. The van der Waals surface area contributed by atoms with Crippen molar-refractivity contribution in [2.24, 2.45) is 0 Å². The summed E-state index contributed by atoms with van der Waals surface area (Å²) in [7, 11) is 0. The molecule has 0 amide bonds. The fraction of sp³-hybridized carbons (Fsp3) is 0.167. The first-order valence-electron chi connectivity index (χ1n) is 8.08. The van der Waals surface area contributed by atoms with Crippen molar-refractivity contribution in [1.82, 2.24) is 30.2 Å². The van der Waals surface area contributed by atoms with Crippen LogP contribution in [0.2, 0.25) is 0 Å². The van der Waals surface area contributed by atoms with Gasteiger partial charge in [0.25, 0.3) is 5.56 Å². The first kappa shape index (κ1) is 16.5. The quantitative estimate of drug-likeness (QED) is 0.560. The molecule has 0 bridgehead atoms. The molecule has 7 nitrogen and oxygen atoms in total. The Morgan fingerprint density at radius 2 is 1.92 bits per heavy atom. The van der Waals surface area contributed by atoms with E-state index < -0.39 is 0 Å². The molecule has 1 N–H and O–H groups in total. The maximum atomic E-state index is 12.3. The first-order valence-corrected chi connectivity index (χ1v) is 9.07. The molecule has 0 saturated heterocycles. The summed E-state index contributed by atoms with van der Waals surface area (Å²) < 4.78 is 1.68. The Balaban J connectivity index is 1.62. The van der Waals surface area contributed by atoms with E-state index in [1.165, 1.54) is 17.3 Å². The second-order valence-electron chi connectivity index (χ2n) is 5.98. The Kier molecular flexibility index (Phi) is 4.26. The minimum absolute atomic E-state index is 0.132. The summed E-state index contributed by atoms with van der Waals surface area (Å²) in [5.74, 6) is 1.06. The number of tetrazole rings is 1. The van der Waals surface area contributed by atoms with Gasteiger partial charge in [0, 0.05) is 0 Å². The standard InChI is InChI=1S/C18H16N6OS/c1-11-6-8-13(9-7-11)24-18(21-22-23-24)26-10-15-19-16-12(2)4-3-5-14(16)17(25)20-15/h3-9H,10H2,1-2H3,(H,19,20,25). The van der Waals surface area contributed by atoms with Crippen LogP contribution in [-0.2, 0) is 5.75 Å². The van der Waals surface area contributed by atoms with Gasteiger partial charge >= 0.3 is 0 Å². The number of aromatic nitrogens is 6. The minimum Gasteiger partial charge on any atom is -0.309 e. The smallest absolute Gasteiger partial charge is 0.258 e. The molecule has 4 rings (SSSR count). The molecule has 26 heavy (non-hydrogen) atoms. The van der Waals surface area contributed by atoms with Crippen LogP contribution < -0.4 is 5.56 Å². The molecular weight excluding hydrogens is 348 g/mol. The SMILES string of the molecule is Cc1ccc(-n2nnnc2SCc2nc3c(C)cccc3c(=O)[nH]2)cc1.